The molecule has 0 unspecified atom stereocenters. The largest absolute Gasteiger partial charge is 0.347 e. The number of nitrogens with zero attached hydrogens (tertiary/aromatic N) is 3. The van der Waals surface area contributed by atoms with E-state index < -0.39 is 0 Å². The number of halogens is 1. The van der Waals surface area contributed by atoms with E-state index in [1.165, 1.54) is 11.3 Å². The van der Waals surface area contributed by atoms with Crippen LogP contribution in [-0.4, -0.2) is 15.3 Å². The third-order valence-electron chi connectivity index (χ3n) is 4.01. The van der Waals surface area contributed by atoms with Crippen molar-refractivity contribution in [2.45, 2.75) is 6.54 Å². The van der Waals surface area contributed by atoms with Gasteiger partial charge in [-0.15, -0.1) is 0 Å². The maximum Gasteiger partial charge on any atom is 0.271 e. The number of amides is 1. The Morgan fingerprint density at radius 2 is 2.07 bits per heavy atom. The molecule has 7 heteroatoms. The molecule has 0 atom stereocenters. The van der Waals surface area contributed by atoms with Crippen molar-refractivity contribution in [3.05, 3.63) is 82.8 Å². The minimum absolute atomic E-state index is 0.237. The zero-order chi connectivity index (χ0) is 18.8. The minimum atomic E-state index is -0.237. The van der Waals surface area contributed by atoms with Crippen LogP contribution in [0.25, 0.3) is 15.4 Å². The van der Waals surface area contributed by atoms with Crippen molar-refractivity contribution in [2.75, 3.05) is 0 Å². The molecule has 2 heterocycles. The second-order valence-electron chi connectivity index (χ2n) is 5.92. The zero-order valence-electron chi connectivity index (χ0n) is 14.0. The lowest BCUT2D eigenvalue weighted by atomic mass is 10.1. The van der Waals surface area contributed by atoms with Gasteiger partial charge in [0.05, 0.1) is 16.5 Å². The predicted octanol–water partition coefficient (Wildman–Crippen LogP) is 4.52. The summed E-state index contributed by atoms with van der Waals surface area (Å²) in [5.74, 6) is -0.237. The lowest BCUT2D eigenvalue weighted by Crippen LogP contribution is -2.23. The number of benzene rings is 2. The summed E-state index contributed by atoms with van der Waals surface area (Å²) in [6.07, 6.45) is 3.62. The number of nitriles is 1. The molecule has 1 amide bonds. The number of thiazole rings is 1. The van der Waals surface area contributed by atoms with Gasteiger partial charge in [0, 0.05) is 24.0 Å². The Kier molecular flexibility index (Phi) is 4.63. The van der Waals surface area contributed by atoms with Crippen LogP contribution in [0.3, 0.4) is 0 Å². The van der Waals surface area contributed by atoms with Gasteiger partial charge >= 0.3 is 0 Å². The maximum absolute atomic E-state index is 12.4. The van der Waals surface area contributed by atoms with Crippen LogP contribution in [0.5, 0.6) is 0 Å². The molecule has 132 valence electrons. The van der Waals surface area contributed by atoms with Gasteiger partial charge in [-0.2, -0.15) is 5.26 Å². The monoisotopic (exact) mass is 392 g/mol. The average Bonchev–Trinajstić information content (AvgIpc) is 3.25. The molecule has 2 aromatic carbocycles. The standard InChI is InChI=1S/C20H13ClN4OS/c21-16-6-2-4-14(8-16)10-23-19(26)17-11-25-12-18(27-20(25)24-17)15-5-1-3-13(7-15)9-22/h1-8,11-12H,10H2,(H,23,26). The van der Waals surface area contributed by atoms with E-state index in [2.05, 4.69) is 16.4 Å². The number of fused-ring (bicyclic) bond motifs is 1. The van der Waals surface area contributed by atoms with Gasteiger partial charge in [-0.25, -0.2) is 4.98 Å². The highest BCUT2D eigenvalue weighted by atomic mass is 35.5. The predicted molar refractivity (Wildman–Crippen MR) is 106 cm³/mol. The summed E-state index contributed by atoms with van der Waals surface area (Å²) in [4.78, 5) is 18.5. The van der Waals surface area contributed by atoms with Gasteiger partial charge in [-0.05, 0) is 35.4 Å². The fourth-order valence-corrected chi connectivity index (χ4v) is 3.88. The third kappa shape index (κ3) is 3.70. The zero-order valence-corrected chi connectivity index (χ0v) is 15.6. The van der Waals surface area contributed by atoms with Gasteiger partial charge in [-0.1, -0.05) is 47.2 Å². The fourth-order valence-electron chi connectivity index (χ4n) is 2.70. The Labute approximate surface area is 164 Å². The molecule has 0 bridgehead atoms. The molecule has 5 nitrogen and oxygen atoms in total. The van der Waals surface area contributed by atoms with E-state index in [0.717, 1.165) is 21.0 Å². The van der Waals surface area contributed by atoms with Crippen LogP contribution in [0.4, 0.5) is 0 Å². The fraction of sp³-hybridized carbons (Fsp3) is 0.0500. The first kappa shape index (κ1) is 17.3. The van der Waals surface area contributed by atoms with Crippen molar-refractivity contribution in [3.63, 3.8) is 0 Å². The molecule has 0 aliphatic heterocycles. The highest BCUT2D eigenvalue weighted by Crippen LogP contribution is 2.29. The smallest absolute Gasteiger partial charge is 0.271 e. The quantitative estimate of drug-likeness (QED) is 0.555. The Bertz CT molecular complexity index is 1160. The Balaban J connectivity index is 1.51. The summed E-state index contributed by atoms with van der Waals surface area (Å²) < 4.78 is 1.83. The van der Waals surface area contributed by atoms with Gasteiger partial charge < -0.3 is 5.32 Å². The summed E-state index contributed by atoms with van der Waals surface area (Å²) >= 11 is 7.42. The molecule has 0 aliphatic carbocycles. The van der Waals surface area contributed by atoms with Crippen LogP contribution >= 0.6 is 22.9 Å². The third-order valence-corrected chi connectivity index (χ3v) is 5.29. The van der Waals surface area contributed by atoms with Gasteiger partial charge in [0.1, 0.15) is 5.69 Å². The van der Waals surface area contributed by atoms with Crippen molar-refractivity contribution >= 4 is 33.8 Å². The summed E-state index contributed by atoms with van der Waals surface area (Å²) in [7, 11) is 0. The van der Waals surface area contributed by atoms with E-state index in [1.807, 2.05) is 47.0 Å². The van der Waals surface area contributed by atoms with Gasteiger partial charge in [0.2, 0.25) is 0 Å². The Morgan fingerprint density at radius 3 is 2.85 bits per heavy atom. The van der Waals surface area contributed by atoms with E-state index in [9.17, 15) is 4.79 Å². The van der Waals surface area contributed by atoms with E-state index in [1.54, 1.807) is 18.3 Å². The Morgan fingerprint density at radius 1 is 1.22 bits per heavy atom. The number of carbonyl (C=O) groups is 1. The van der Waals surface area contributed by atoms with Crippen LogP contribution in [0.1, 0.15) is 21.6 Å². The molecule has 1 N–H and O–H groups in total. The molecular weight excluding hydrogens is 380 g/mol. The second kappa shape index (κ2) is 7.23. The van der Waals surface area contributed by atoms with Crippen molar-refractivity contribution < 1.29 is 4.79 Å². The number of aromatic nitrogens is 2. The van der Waals surface area contributed by atoms with Gasteiger partial charge in [0.25, 0.3) is 5.91 Å². The molecule has 0 saturated heterocycles. The molecule has 2 aromatic heterocycles. The van der Waals surface area contributed by atoms with E-state index in [-0.39, 0.29) is 5.91 Å². The van der Waals surface area contributed by atoms with Crippen molar-refractivity contribution in [1.29, 1.82) is 5.26 Å². The molecule has 0 radical (unpaired) electrons. The van der Waals surface area contributed by atoms with Crippen LogP contribution in [-0.2, 0) is 6.54 Å². The first-order valence-electron chi connectivity index (χ1n) is 8.14. The number of carbonyl (C=O) groups excluding carboxylic acids is 1. The topological polar surface area (TPSA) is 70.2 Å². The van der Waals surface area contributed by atoms with Crippen LogP contribution in [0, 0.1) is 11.3 Å². The first-order chi connectivity index (χ1) is 13.1. The molecule has 0 fully saturated rings. The lowest BCUT2D eigenvalue weighted by Gasteiger charge is -2.03. The van der Waals surface area contributed by atoms with Gasteiger partial charge in [-0.3, -0.25) is 9.20 Å². The highest BCUT2D eigenvalue weighted by molar-refractivity contribution is 7.20. The number of imidazole rings is 1. The minimum Gasteiger partial charge on any atom is -0.347 e. The number of rotatable bonds is 4. The second-order valence-corrected chi connectivity index (χ2v) is 7.36. The normalized spacial score (nSPS) is 10.7. The van der Waals surface area contributed by atoms with Crippen molar-refractivity contribution in [1.82, 2.24) is 14.7 Å². The number of nitrogens with one attached hydrogen (secondary N) is 1. The molecular formula is C20H13ClN4OS. The number of hydrogen-bond acceptors (Lipinski definition) is 4. The molecule has 4 aromatic rings. The van der Waals surface area contributed by atoms with Crippen LogP contribution in [0.2, 0.25) is 5.02 Å². The van der Waals surface area contributed by atoms with Gasteiger partial charge in [0.15, 0.2) is 4.96 Å². The molecule has 0 spiro atoms. The molecule has 0 saturated carbocycles. The van der Waals surface area contributed by atoms with E-state index in [0.29, 0.717) is 22.8 Å². The maximum atomic E-state index is 12.4. The van der Waals surface area contributed by atoms with E-state index >= 15 is 0 Å². The highest BCUT2D eigenvalue weighted by Gasteiger charge is 2.13. The Hall–Kier alpha value is -3.14. The first-order valence-corrected chi connectivity index (χ1v) is 9.33. The van der Waals surface area contributed by atoms with E-state index in [4.69, 9.17) is 16.9 Å². The summed E-state index contributed by atoms with van der Waals surface area (Å²) in [5, 5.41) is 12.5. The molecule has 4 rings (SSSR count). The SMILES string of the molecule is N#Cc1cccc(-c2cn3cc(C(=O)NCc4cccc(Cl)c4)nc3s2)c1. The summed E-state index contributed by atoms with van der Waals surface area (Å²) in [6.45, 7) is 0.386. The number of hydrogen-bond donors (Lipinski definition) is 1. The van der Waals surface area contributed by atoms with Crippen molar-refractivity contribution in [2.24, 2.45) is 0 Å². The molecule has 0 aliphatic rings. The van der Waals surface area contributed by atoms with Crippen LogP contribution in [0.15, 0.2) is 60.9 Å². The lowest BCUT2D eigenvalue weighted by molar-refractivity contribution is 0.0946. The summed E-state index contributed by atoms with van der Waals surface area (Å²) in [6, 6.07) is 16.9. The van der Waals surface area contributed by atoms with Crippen molar-refractivity contribution in [3.8, 4) is 16.5 Å². The van der Waals surface area contributed by atoms with Crippen LogP contribution < -0.4 is 5.32 Å². The molecule has 27 heavy (non-hydrogen) atoms. The average molecular weight is 393 g/mol. The summed E-state index contributed by atoms with van der Waals surface area (Å²) in [5.41, 5.74) is 2.85.